The molecule has 20 heavy (non-hydrogen) atoms. The van der Waals surface area contributed by atoms with Gasteiger partial charge in [-0.2, -0.15) is 5.10 Å². The summed E-state index contributed by atoms with van der Waals surface area (Å²) in [4.78, 5) is 3.80. The van der Waals surface area contributed by atoms with Crippen molar-refractivity contribution in [2.45, 2.75) is 24.8 Å². The van der Waals surface area contributed by atoms with Crippen LogP contribution in [-0.2, 0) is 16.6 Å². The standard InChI is InChI=1S/C11H14ClN5O2S/c1-2-5-17-7-9(11(13)15-17)20(18,19)16-10-6-8(12)3-4-14-10/h3-4,6-7H,2,5H2,1H3,(H2,13,15)(H,14,16). The molecular formula is C11H14ClN5O2S. The second-order valence-corrected chi connectivity index (χ2v) is 6.19. The Hall–Kier alpha value is -1.80. The highest BCUT2D eigenvalue weighted by molar-refractivity contribution is 7.92. The fourth-order valence-corrected chi connectivity index (χ4v) is 2.86. The van der Waals surface area contributed by atoms with Gasteiger partial charge in [0.1, 0.15) is 10.7 Å². The maximum atomic E-state index is 12.2. The number of hydrogen-bond donors (Lipinski definition) is 2. The first kappa shape index (κ1) is 14.6. The normalized spacial score (nSPS) is 11.5. The van der Waals surface area contributed by atoms with E-state index in [0.29, 0.717) is 11.6 Å². The second-order valence-electron chi connectivity index (χ2n) is 4.11. The van der Waals surface area contributed by atoms with Crippen LogP contribution >= 0.6 is 11.6 Å². The van der Waals surface area contributed by atoms with Crippen LogP contribution in [0, 0.1) is 0 Å². The predicted molar refractivity (Wildman–Crippen MR) is 77.0 cm³/mol. The summed E-state index contributed by atoms with van der Waals surface area (Å²) < 4.78 is 28.3. The van der Waals surface area contributed by atoms with Crippen LogP contribution in [0.1, 0.15) is 13.3 Å². The van der Waals surface area contributed by atoms with Crippen LogP contribution in [0.15, 0.2) is 29.4 Å². The molecule has 0 aliphatic heterocycles. The molecule has 108 valence electrons. The molecule has 0 aromatic carbocycles. The molecule has 0 aliphatic rings. The Morgan fingerprint density at radius 3 is 2.90 bits per heavy atom. The molecule has 0 radical (unpaired) electrons. The summed E-state index contributed by atoms with van der Waals surface area (Å²) in [5.41, 5.74) is 5.64. The fourth-order valence-electron chi connectivity index (χ4n) is 1.62. The van der Waals surface area contributed by atoms with Gasteiger partial charge in [0.25, 0.3) is 10.0 Å². The van der Waals surface area contributed by atoms with Gasteiger partial charge < -0.3 is 5.73 Å². The second kappa shape index (κ2) is 5.68. The van der Waals surface area contributed by atoms with Crippen molar-refractivity contribution in [1.29, 1.82) is 0 Å². The van der Waals surface area contributed by atoms with Crippen LogP contribution in [0.2, 0.25) is 5.02 Å². The van der Waals surface area contributed by atoms with Gasteiger partial charge in [-0.15, -0.1) is 0 Å². The lowest BCUT2D eigenvalue weighted by Gasteiger charge is -2.05. The molecule has 3 N–H and O–H groups in total. The van der Waals surface area contributed by atoms with Gasteiger partial charge in [0.05, 0.1) is 0 Å². The van der Waals surface area contributed by atoms with Gasteiger partial charge in [0.15, 0.2) is 5.82 Å². The van der Waals surface area contributed by atoms with E-state index in [1.54, 1.807) is 6.07 Å². The number of aromatic nitrogens is 3. The molecule has 0 saturated heterocycles. The number of aryl methyl sites for hydroxylation is 1. The smallest absolute Gasteiger partial charge is 0.268 e. The van der Waals surface area contributed by atoms with Gasteiger partial charge in [-0.1, -0.05) is 18.5 Å². The minimum atomic E-state index is -3.84. The van der Waals surface area contributed by atoms with E-state index >= 15 is 0 Å². The number of nitrogens with two attached hydrogens (primary N) is 1. The van der Waals surface area contributed by atoms with E-state index in [4.69, 9.17) is 17.3 Å². The summed E-state index contributed by atoms with van der Waals surface area (Å²) in [5, 5.41) is 4.34. The first-order valence-corrected chi connectivity index (χ1v) is 7.76. The number of halogens is 1. The Morgan fingerprint density at radius 1 is 1.50 bits per heavy atom. The third-order valence-electron chi connectivity index (χ3n) is 2.46. The van der Waals surface area contributed by atoms with Crippen molar-refractivity contribution in [3.8, 4) is 0 Å². The lowest BCUT2D eigenvalue weighted by atomic mass is 10.5. The highest BCUT2D eigenvalue weighted by Gasteiger charge is 2.21. The van der Waals surface area contributed by atoms with Crippen molar-refractivity contribution in [2.24, 2.45) is 0 Å². The van der Waals surface area contributed by atoms with Crippen molar-refractivity contribution in [3.05, 3.63) is 29.5 Å². The van der Waals surface area contributed by atoms with E-state index in [9.17, 15) is 8.42 Å². The molecule has 0 spiro atoms. The molecule has 7 nitrogen and oxygen atoms in total. The van der Waals surface area contributed by atoms with E-state index in [-0.39, 0.29) is 16.5 Å². The molecule has 0 unspecified atom stereocenters. The number of anilines is 2. The summed E-state index contributed by atoms with van der Waals surface area (Å²) in [7, 11) is -3.84. The third-order valence-corrected chi connectivity index (χ3v) is 4.06. The lowest BCUT2D eigenvalue weighted by molar-refractivity contribution is 0.595. The van der Waals surface area contributed by atoms with Crippen LogP contribution in [0.25, 0.3) is 0 Å². The molecule has 0 atom stereocenters. The highest BCUT2D eigenvalue weighted by Crippen LogP contribution is 2.21. The van der Waals surface area contributed by atoms with Gasteiger partial charge in [-0.05, 0) is 12.5 Å². The number of nitrogens with zero attached hydrogens (tertiary/aromatic N) is 3. The van der Waals surface area contributed by atoms with Crippen LogP contribution in [0.4, 0.5) is 11.6 Å². The van der Waals surface area contributed by atoms with Crippen molar-refractivity contribution in [2.75, 3.05) is 10.5 Å². The number of nitrogens with one attached hydrogen (secondary N) is 1. The molecule has 2 rings (SSSR count). The number of pyridine rings is 1. The molecule has 2 aromatic rings. The minimum absolute atomic E-state index is 0.0482. The first-order valence-electron chi connectivity index (χ1n) is 5.89. The molecule has 0 amide bonds. The van der Waals surface area contributed by atoms with Gasteiger partial charge in [0, 0.05) is 30.0 Å². The topological polar surface area (TPSA) is 103 Å². The number of rotatable bonds is 5. The Kier molecular flexibility index (Phi) is 4.15. The molecule has 2 heterocycles. The summed E-state index contributed by atoms with van der Waals surface area (Å²) >= 11 is 5.78. The van der Waals surface area contributed by atoms with Gasteiger partial charge in [-0.25, -0.2) is 13.4 Å². The molecule has 0 aliphatic carbocycles. The number of nitrogen functional groups attached to an aromatic ring is 1. The SMILES string of the molecule is CCCn1cc(S(=O)(=O)Nc2cc(Cl)ccn2)c(N)n1. The van der Waals surface area contributed by atoms with Crippen LogP contribution < -0.4 is 10.5 Å². The van der Waals surface area contributed by atoms with Gasteiger partial charge in [0.2, 0.25) is 0 Å². The molecule has 0 bridgehead atoms. The number of sulfonamides is 1. The lowest BCUT2D eigenvalue weighted by Crippen LogP contribution is -2.14. The van der Waals surface area contributed by atoms with E-state index < -0.39 is 10.0 Å². The quantitative estimate of drug-likeness (QED) is 0.874. The van der Waals surface area contributed by atoms with Crippen LogP contribution in [0.5, 0.6) is 0 Å². The van der Waals surface area contributed by atoms with Crippen LogP contribution in [0.3, 0.4) is 0 Å². The summed E-state index contributed by atoms with van der Waals surface area (Å²) in [5.74, 6) is 0.0770. The zero-order valence-corrected chi connectivity index (χ0v) is 12.3. The fraction of sp³-hybridized carbons (Fsp3) is 0.273. The molecular weight excluding hydrogens is 302 g/mol. The van der Waals surface area contributed by atoms with E-state index in [1.165, 1.54) is 23.1 Å². The van der Waals surface area contributed by atoms with Gasteiger partial charge >= 0.3 is 0 Å². The maximum Gasteiger partial charge on any atom is 0.268 e. The van der Waals surface area contributed by atoms with Crippen LogP contribution in [-0.4, -0.2) is 23.2 Å². The van der Waals surface area contributed by atoms with E-state index in [0.717, 1.165) is 6.42 Å². The Balaban J connectivity index is 2.30. The van der Waals surface area contributed by atoms with Gasteiger partial charge in [-0.3, -0.25) is 9.40 Å². The largest absolute Gasteiger partial charge is 0.381 e. The zero-order valence-electron chi connectivity index (χ0n) is 10.7. The van der Waals surface area contributed by atoms with Crippen molar-refractivity contribution in [1.82, 2.24) is 14.8 Å². The number of hydrogen-bond acceptors (Lipinski definition) is 5. The summed E-state index contributed by atoms with van der Waals surface area (Å²) in [6, 6.07) is 2.96. The molecule has 2 aromatic heterocycles. The van der Waals surface area contributed by atoms with Crippen molar-refractivity contribution in [3.63, 3.8) is 0 Å². The maximum absolute atomic E-state index is 12.2. The average Bonchev–Trinajstić information content (AvgIpc) is 2.71. The minimum Gasteiger partial charge on any atom is -0.381 e. The van der Waals surface area contributed by atoms with E-state index in [1.807, 2.05) is 6.92 Å². The summed E-state index contributed by atoms with van der Waals surface area (Å²) in [6.45, 7) is 2.55. The molecule has 9 heteroatoms. The highest BCUT2D eigenvalue weighted by atomic mass is 35.5. The first-order chi connectivity index (χ1) is 9.42. The molecule has 0 fully saturated rings. The van der Waals surface area contributed by atoms with E-state index in [2.05, 4.69) is 14.8 Å². The van der Waals surface area contributed by atoms with Crippen molar-refractivity contribution >= 4 is 33.3 Å². The Labute approximate surface area is 121 Å². The Morgan fingerprint density at radius 2 is 2.25 bits per heavy atom. The molecule has 0 saturated carbocycles. The van der Waals surface area contributed by atoms with Crippen molar-refractivity contribution < 1.29 is 8.42 Å². The average molecular weight is 316 g/mol. The Bertz CT molecular complexity index is 713. The summed E-state index contributed by atoms with van der Waals surface area (Å²) in [6.07, 6.45) is 3.62. The monoisotopic (exact) mass is 315 g/mol. The zero-order chi connectivity index (χ0) is 14.8. The predicted octanol–water partition coefficient (Wildman–Crippen LogP) is 1.72. The third kappa shape index (κ3) is 3.20.